The van der Waals surface area contributed by atoms with Crippen molar-refractivity contribution in [2.45, 2.75) is 84.0 Å². The summed E-state index contributed by atoms with van der Waals surface area (Å²) >= 11 is 0. The van der Waals surface area contributed by atoms with E-state index in [-0.39, 0.29) is 16.2 Å². The SMILES string of the molecule is CC(C)(C)c1ccc(C2(c3cc(-c4ccccc4)c(N4CN(c5cc(Oc6ccc7c8ccccc8n(-c8cc(C(C)(C)C)ccn8)c7c6)cc(C(C)(C)C)c5)c5ccccc54)c(-c4ccccc4)c3)c3ccccc3-c3ccccc32)cc1. The zero-order valence-corrected chi connectivity index (χ0v) is 49.6. The van der Waals surface area contributed by atoms with Crippen molar-refractivity contribution in [2.24, 2.45) is 0 Å². The summed E-state index contributed by atoms with van der Waals surface area (Å²) < 4.78 is 9.43. The van der Waals surface area contributed by atoms with Gasteiger partial charge in [-0.3, -0.25) is 4.57 Å². The molecule has 2 aliphatic rings. The summed E-state index contributed by atoms with van der Waals surface area (Å²) in [6.45, 7) is 21.1. The average molecular weight is 1090 g/mol. The zero-order chi connectivity index (χ0) is 57.7. The van der Waals surface area contributed by atoms with Crippen molar-refractivity contribution in [3.8, 4) is 50.7 Å². The summed E-state index contributed by atoms with van der Waals surface area (Å²) in [6.07, 6.45) is 1.94. The summed E-state index contributed by atoms with van der Waals surface area (Å²) in [6, 6.07) is 90.1. The second kappa shape index (κ2) is 19.9. The minimum Gasteiger partial charge on any atom is -0.457 e. The number of hydrogen-bond donors (Lipinski definition) is 0. The fourth-order valence-corrected chi connectivity index (χ4v) is 13.3. The van der Waals surface area contributed by atoms with Crippen molar-refractivity contribution in [3.63, 3.8) is 0 Å². The van der Waals surface area contributed by atoms with Gasteiger partial charge in [-0.05, 0) is 144 Å². The predicted molar refractivity (Wildman–Crippen MR) is 351 cm³/mol. The van der Waals surface area contributed by atoms with E-state index in [9.17, 15) is 0 Å². The van der Waals surface area contributed by atoms with Crippen LogP contribution in [0.3, 0.4) is 0 Å². The molecule has 0 fully saturated rings. The van der Waals surface area contributed by atoms with Crippen molar-refractivity contribution >= 4 is 44.6 Å². The maximum Gasteiger partial charge on any atom is 0.137 e. The highest BCUT2D eigenvalue weighted by Crippen LogP contribution is 2.59. The van der Waals surface area contributed by atoms with Crippen LogP contribution in [0.5, 0.6) is 11.5 Å². The molecule has 84 heavy (non-hydrogen) atoms. The van der Waals surface area contributed by atoms with Crippen molar-refractivity contribution in [1.29, 1.82) is 0 Å². The van der Waals surface area contributed by atoms with Gasteiger partial charge in [-0.2, -0.15) is 0 Å². The maximum absolute atomic E-state index is 7.15. The minimum atomic E-state index is -0.636. The van der Waals surface area contributed by atoms with Crippen LogP contribution in [0.2, 0.25) is 0 Å². The first-order valence-electron chi connectivity index (χ1n) is 29.6. The molecule has 0 spiro atoms. The number of ether oxygens (including phenoxy) is 1. The van der Waals surface area contributed by atoms with E-state index in [1.807, 2.05) is 6.20 Å². The molecule has 5 nitrogen and oxygen atoms in total. The van der Waals surface area contributed by atoms with E-state index in [1.54, 1.807) is 0 Å². The van der Waals surface area contributed by atoms with Gasteiger partial charge in [0.2, 0.25) is 0 Å². The van der Waals surface area contributed by atoms with Gasteiger partial charge < -0.3 is 14.5 Å². The number of hydrogen-bond acceptors (Lipinski definition) is 4. The number of anilines is 4. The van der Waals surface area contributed by atoms with Gasteiger partial charge >= 0.3 is 0 Å². The van der Waals surface area contributed by atoms with Crippen LogP contribution in [0.25, 0.3) is 61.0 Å². The fraction of sp³-hybridized carbons (Fsp3) is 0.177. The molecule has 0 saturated heterocycles. The van der Waals surface area contributed by atoms with E-state index >= 15 is 0 Å². The molecular weight excluding hydrogens is 1020 g/mol. The van der Waals surface area contributed by atoms with Crippen molar-refractivity contribution in [3.05, 3.63) is 288 Å². The standard InChI is InChI=1S/C79H70N4O/c1-76(2,3)54-36-38-55(39-37-54)79(68-31-19-16-28-62(68)63-29-17-20-32-69(63)79)58-46-66(52-24-12-10-13-25-52)75(67(47-58)53-26-14-11-15-27-53)82-51-81(71-34-22-23-35-72(71)82)59-44-57(78(7,8)9)45-61(49-59)84-60-40-41-65-64-30-18-21-33-70(64)83(73(65)50-60)74-48-56(42-43-80-74)77(4,5)6/h10-50H,51H2,1-9H3. The van der Waals surface area contributed by atoms with Crippen LogP contribution in [-0.4, -0.2) is 16.2 Å². The average Bonchev–Trinajstić information content (AvgIpc) is 1.66. The number of pyridine rings is 1. The highest BCUT2D eigenvalue weighted by Gasteiger charge is 2.47. The lowest BCUT2D eigenvalue weighted by Gasteiger charge is -2.36. The van der Waals surface area contributed by atoms with E-state index in [2.05, 4.69) is 319 Å². The van der Waals surface area contributed by atoms with Crippen LogP contribution in [0, 0.1) is 0 Å². The summed E-state index contributed by atoms with van der Waals surface area (Å²) in [5, 5.41) is 2.33. The molecule has 0 N–H and O–H groups in total. The third kappa shape index (κ3) is 8.79. The second-order valence-corrected chi connectivity index (χ2v) is 26.1. The molecule has 3 heterocycles. The van der Waals surface area contributed by atoms with Gasteiger partial charge in [0.15, 0.2) is 0 Å². The quantitative estimate of drug-likeness (QED) is 0.144. The van der Waals surface area contributed by atoms with Crippen LogP contribution < -0.4 is 14.5 Å². The normalized spacial score (nSPS) is 13.8. The van der Waals surface area contributed by atoms with Gasteiger partial charge in [0.25, 0.3) is 0 Å². The Morgan fingerprint density at radius 1 is 0.393 bits per heavy atom. The Labute approximate surface area is 495 Å². The molecule has 0 amide bonds. The maximum atomic E-state index is 7.15. The highest BCUT2D eigenvalue weighted by atomic mass is 16.5. The van der Waals surface area contributed by atoms with Gasteiger partial charge in [0.1, 0.15) is 24.0 Å². The monoisotopic (exact) mass is 1090 g/mol. The molecule has 0 bridgehead atoms. The molecule has 10 aromatic carbocycles. The Hall–Kier alpha value is -9.45. The lowest BCUT2D eigenvalue weighted by atomic mass is 9.66. The summed E-state index contributed by atoms with van der Waals surface area (Å²) in [5.74, 6) is 2.43. The van der Waals surface area contributed by atoms with Gasteiger partial charge in [-0.25, -0.2) is 4.98 Å². The number of fused-ring (bicyclic) bond motifs is 7. The van der Waals surface area contributed by atoms with E-state index in [0.717, 1.165) is 78.7 Å². The molecule has 2 aromatic heterocycles. The highest BCUT2D eigenvalue weighted by molar-refractivity contribution is 6.09. The largest absolute Gasteiger partial charge is 0.457 e. The second-order valence-electron chi connectivity index (χ2n) is 26.1. The van der Waals surface area contributed by atoms with Gasteiger partial charge in [0.05, 0.1) is 33.5 Å². The minimum absolute atomic E-state index is 0.00132. The Kier molecular flexibility index (Phi) is 12.5. The van der Waals surface area contributed by atoms with Crippen molar-refractivity contribution < 1.29 is 4.74 Å². The first-order chi connectivity index (χ1) is 40.5. The fourth-order valence-electron chi connectivity index (χ4n) is 13.3. The third-order valence-electron chi connectivity index (χ3n) is 17.7. The van der Waals surface area contributed by atoms with E-state index in [4.69, 9.17) is 9.72 Å². The Morgan fingerprint density at radius 3 is 1.56 bits per heavy atom. The van der Waals surface area contributed by atoms with Crippen molar-refractivity contribution in [1.82, 2.24) is 9.55 Å². The van der Waals surface area contributed by atoms with E-state index < -0.39 is 5.41 Å². The van der Waals surface area contributed by atoms with Crippen LogP contribution in [0.15, 0.2) is 249 Å². The summed E-state index contributed by atoms with van der Waals surface area (Å²) in [7, 11) is 0. The van der Waals surface area contributed by atoms with Crippen LogP contribution in [0.1, 0.15) is 101 Å². The van der Waals surface area contributed by atoms with E-state index in [1.165, 1.54) is 55.5 Å². The topological polar surface area (TPSA) is 33.5 Å². The number of aromatic nitrogens is 2. The molecule has 1 aliphatic carbocycles. The lowest BCUT2D eigenvalue weighted by Crippen LogP contribution is -2.30. The lowest BCUT2D eigenvalue weighted by molar-refractivity contribution is 0.479. The van der Waals surface area contributed by atoms with Crippen LogP contribution >= 0.6 is 0 Å². The van der Waals surface area contributed by atoms with Crippen molar-refractivity contribution in [2.75, 3.05) is 16.5 Å². The molecular formula is C79H70N4O. The van der Waals surface area contributed by atoms with Gasteiger partial charge in [0, 0.05) is 45.9 Å². The Balaban J connectivity index is 0.944. The van der Waals surface area contributed by atoms with Crippen LogP contribution in [-0.2, 0) is 21.7 Å². The first kappa shape index (κ1) is 52.6. The smallest absolute Gasteiger partial charge is 0.137 e. The Bertz CT molecular complexity index is 4390. The molecule has 0 radical (unpaired) electrons. The molecule has 12 aromatic rings. The first-order valence-corrected chi connectivity index (χ1v) is 29.6. The third-order valence-corrected chi connectivity index (χ3v) is 17.7. The summed E-state index contributed by atoms with van der Waals surface area (Å²) in [5.41, 5.74) is 21.7. The van der Waals surface area contributed by atoms with Gasteiger partial charge in [-0.1, -0.05) is 226 Å². The molecule has 0 saturated carbocycles. The number of benzene rings is 10. The zero-order valence-electron chi connectivity index (χ0n) is 49.6. The Morgan fingerprint density at radius 2 is 0.940 bits per heavy atom. The predicted octanol–water partition coefficient (Wildman–Crippen LogP) is 20.8. The van der Waals surface area contributed by atoms with E-state index in [0.29, 0.717) is 6.67 Å². The molecule has 0 unspecified atom stereocenters. The number of nitrogens with zero attached hydrogens (tertiary/aromatic N) is 4. The molecule has 1 aliphatic heterocycles. The summed E-state index contributed by atoms with van der Waals surface area (Å²) in [4.78, 5) is 10.0. The molecule has 5 heteroatoms. The number of rotatable bonds is 9. The molecule has 0 atom stereocenters. The molecule has 14 rings (SSSR count). The number of para-hydroxylation sites is 3. The molecule has 412 valence electrons. The van der Waals surface area contributed by atoms with Gasteiger partial charge in [-0.15, -0.1) is 0 Å². The van der Waals surface area contributed by atoms with Crippen LogP contribution in [0.4, 0.5) is 22.7 Å².